The molecule has 1 aromatic heterocycles. The van der Waals surface area contributed by atoms with E-state index in [2.05, 4.69) is 15.5 Å². The van der Waals surface area contributed by atoms with Gasteiger partial charge in [-0.05, 0) is 24.1 Å². The minimum Gasteiger partial charge on any atom is -0.355 e. The van der Waals surface area contributed by atoms with Crippen molar-refractivity contribution in [2.75, 3.05) is 18.1 Å². The van der Waals surface area contributed by atoms with E-state index >= 15 is 0 Å². The molecule has 0 aliphatic rings. The number of nitrogen functional groups attached to an aromatic ring is 1. The number of thioether (sulfide) groups is 1. The molecule has 1 heterocycles. The predicted molar refractivity (Wildman–Crippen MR) is 90.4 cm³/mol. The van der Waals surface area contributed by atoms with E-state index in [0.29, 0.717) is 18.2 Å². The first-order valence-corrected chi connectivity index (χ1v) is 9.80. The Morgan fingerprint density at radius 3 is 2.37 bits per heavy atom. The van der Waals surface area contributed by atoms with E-state index in [1.165, 1.54) is 12.1 Å². The molecular formula is C13H15F3N6O3S2. The van der Waals surface area contributed by atoms with E-state index in [9.17, 15) is 26.4 Å². The zero-order valence-corrected chi connectivity index (χ0v) is 15.2. The molecule has 0 fully saturated rings. The second kappa shape index (κ2) is 8.14. The van der Waals surface area contributed by atoms with Gasteiger partial charge in [0.25, 0.3) is 5.82 Å². The van der Waals surface area contributed by atoms with E-state index in [1.807, 2.05) is 0 Å². The molecule has 0 spiro atoms. The highest BCUT2D eigenvalue weighted by atomic mass is 32.2. The average Bonchev–Trinajstić information content (AvgIpc) is 2.93. The van der Waals surface area contributed by atoms with Crippen LogP contribution in [0.25, 0.3) is 0 Å². The molecule has 1 aromatic carbocycles. The minimum absolute atomic E-state index is 0.0178. The van der Waals surface area contributed by atoms with Crippen molar-refractivity contribution in [2.45, 2.75) is 22.6 Å². The van der Waals surface area contributed by atoms with E-state index in [1.54, 1.807) is 12.1 Å². The number of nitrogens with one attached hydrogen (secondary N) is 1. The summed E-state index contributed by atoms with van der Waals surface area (Å²) in [7, 11) is -3.76. The molecule has 2 aromatic rings. The van der Waals surface area contributed by atoms with Crippen LogP contribution in [-0.2, 0) is 27.4 Å². The topological polar surface area (TPSA) is 146 Å². The highest BCUT2D eigenvalue weighted by Gasteiger charge is 2.38. The third-order valence-corrected chi connectivity index (χ3v) is 5.11. The van der Waals surface area contributed by atoms with Crippen LogP contribution in [-0.4, -0.2) is 41.5 Å². The number of rotatable bonds is 7. The van der Waals surface area contributed by atoms with Gasteiger partial charge in [-0.3, -0.25) is 4.79 Å². The monoisotopic (exact) mass is 424 g/mol. The van der Waals surface area contributed by atoms with Crippen molar-refractivity contribution >= 4 is 27.7 Å². The number of amides is 1. The highest BCUT2D eigenvalue weighted by molar-refractivity contribution is 7.99. The number of hydrogen-bond donors (Lipinski definition) is 3. The Kier molecular flexibility index (Phi) is 6.33. The van der Waals surface area contributed by atoms with Crippen LogP contribution in [0.5, 0.6) is 0 Å². The molecule has 0 saturated carbocycles. The largest absolute Gasteiger partial charge is 0.453 e. The molecule has 0 bridgehead atoms. The van der Waals surface area contributed by atoms with Crippen molar-refractivity contribution in [3.63, 3.8) is 0 Å². The Balaban J connectivity index is 1.79. The minimum atomic E-state index is -4.73. The van der Waals surface area contributed by atoms with Gasteiger partial charge in [0, 0.05) is 6.54 Å². The number of benzene rings is 1. The first kappa shape index (κ1) is 21.0. The maximum absolute atomic E-state index is 12.5. The summed E-state index contributed by atoms with van der Waals surface area (Å²) in [5.41, 5.74) is 0.770. The van der Waals surface area contributed by atoms with Crippen molar-refractivity contribution in [3.05, 3.63) is 35.7 Å². The standard InChI is InChI=1S/C13H15F3N6O3S2/c14-13(15,16)11-20-21-12(22(11)17)26-7-10(23)19-6-5-8-1-3-9(4-2-8)27(18,24)25/h1-4H,5-7,17H2,(H,19,23)(H2,18,24,25). The number of nitrogens with two attached hydrogens (primary N) is 2. The van der Waals surface area contributed by atoms with Gasteiger partial charge in [0.15, 0.2) is 0 Å². The highest BCUT2D eigenvalue weighted by Crippen LogP contribution is 2.28. The smallest absolute Gasteiger partial charge is 0.355 e. The van der Waals surface area contributed by atoms with Crippen molar-refractivity contribution in [2.24, 2.45) is 5.14 Å². The molecule has 0 aliphatic heterocycles. The third kappa shape index (κ3) is 5.83. The Morgan fingerprint density at radius 2 is 1.85 bits per heavy atom. The summed E-state index contributed by atoms with van der Waals surface area (Å²) in [5, 5.41) is 13.6. The number of nitrogens with zero attached hydrogens (tertiary/aromatic N) is 3. The number of alkyl halides is 3. The molecule has 2 rings (SSSR count). The Bertz CT molecular complexity index is 912. The Labute approximate surface area is 156 Å². The number of hydrogen-bond acceptors (Lipinski definition) is 7. The lowest BCUT2D eigenvalue weighted by Crippen LogP contribution is -2.27. The summed E-state index contributed by atoms with van der Waals surface area (Å²) in [5.74, 6) is 3.28. The van der Waals surface area contributed by atoms with Crippen molar-refractivity contribution < 1.29 is 26.4 Å². The molecule has 0 aliphatic carbocycles. The van der Waals surface area contributed by atoms with Gasteiger partial charge in [-0.15, -0.1) is 10.2 Å². The van der Waals surface area contributed by atoms with Crippen LogP contribution in [0, 0.1) is 0 Å². The number of carbonyl (C=O) groups is 1. The Morgan fingerprint density at radius 1 is 1.22 bits per heavy atom. The number of halogens is 3. The van der Waals surface area contributed by atoms with Gasteiger partial charge in [-0.2, -0.15) is 13.2 Å². The lowest BCUT2D eigenvalue weighted by Gasteiger charge is -2.07. The summed E-state index contributed by atoms with van der Waals surface area (Å²) in [4.78, 5) is 11.7. The summed E-state index contributed by atoms with van der Waals surface area (Å²) in [6.07, 6.45) is -4.31. The predicted octanol–water partition coefficient (Wildman–Crippen LogP) is 0.109. The van der Waals surface area contributed by atoms with Gasteiger partial charge >= 0.3 is 6.18 Å². The van der Waals surface area contributed by atoms with E-state index in [0.717, 1.165) is 5.56 Å². The quantitative estimate of drug-likeness (QED) is 0.422. The van der Waals surface area contributed by atoms with Crippen molar-refractivity contribution in [3.8, 4) is 0 Å². The second-order valence-electron chi connectivity index (χ2n) is 5.25. The molecule has 9 nitrogen and oxygen atoms in total. The normalized spacial score (nSPS) is 12.1. The van der Waals surface area contributed by atoms with Crippen LogP contribution >= 0.6 is 11.8 Å². The number of aromatic nitrogens is 3. The van der Waals surface area contributed by atoms with E-state index < -0.39 is 27.9 Å². The number of carbonyl (C=O) groups excluding carboxylic acids is 1. The molecule has 0 saturated heterocycles. The zero-order valence-electron chi connectivity index (χ0n) is 13.6. The van der Waals surface area contributed by atoms with Gasteiger partial charge in [0.05, 0.1) is 10.6 Å². The molecule has 14 heteroatoms. The van der Waals surface area contributed by atoms with Crippen LogP contribution in [0.2, 0.25) is 0 Å². The van der Waals surface area contributed by atoms with Gasteiger partial charge in [0.1, 0.15) is 0 Å². The molecular weight excluding hydrogens is 409 g/mol. The van der Waals surface area contributed by atoms with Crippen LogP contribution in [0.15, 0.2) is 34.3 Å². The Hall–Kier alpha value is -2.32. The van der Waals surface area contributed by atoms with Gasteiger partial charge in [-0.25, -0.2) is 18.2 Å². The fourth-order valence-electron chi connectivity index (χ4n) is 1.94. The van der Waals surface area contributed by atoms with Gasteiger partial charge < -0.3 is 11.2 Å². The molecule has 27 heavy (non-hydrogen) atoms. The third-order valence-electron chi connectivity index (χ3n) is 3.24. The average molecular weight is 424 g/mol. The van der Waals surface area contributed by atoms with Crippen LogP contribution in [0.1, 0.15) is 11.4 Å². The van der Waals surface area contributed by atoms with E-state index in [-0.39, 0.29) is 27.0 Å². The maximum atomic E-state index is 12.5. The fraction of sp³-hybridized carbons (Fsp3) is 0.308. The molecule has 0 atom stereocenters. The number of sulfonamides is 1. The summed E-state index contributed by atoms with van der Waals surface area (Å²) < 4.78 is 60.2. The molecule has 0 unspecified atom stereocenters. The van der Waals surface area contributed by atoms with E-state index in [4.69, 9.17) is 11.0 Å². The van der Waals surface area contributed by atoms with Crippen molar-refractivity contribution in [1.82, 2.24) is 20.2 Å². The summed E-state index contributed by atoms with van der Waals surface area (Å²) >= 11 is 0.715. The first-order chi connectivity index (χ1) is 12.5. The lowest BCUT2D eigenvalue weighted by atomic mass is 10.1. The zero-order chi connectivity index (χ0) is 20.2. The molecule has 5 N–H and O–H groups in total. The maximum Gasteiger partial charge on any atom is 0.453 e. The van der Waals surface area contributed by atoms with Crippen LogP contribution < -0.4 is 16.3 Å². The number of primary sulfonamides is 1. The molecule has 148 valence electrons. The summed E-state index contributed by atoms with van der Waals surface area (Å²) in [6.45, 7) is 0.247. The van der Waals surface area contributed by atoms with Crippen LogP contribution in [0.3, 0.4) is 0 Å². The second-order valence-corrected chi connectivity index (χ2v) is 7.76. The lowest BCUT2D eigenvalue weighted by molar-refractivity contribution is -0.146. The summed E-state index contributed by atoms with van der Waals surface area (Å²) in [6, 6.07) is 5.84. The van der Waals surface area contributed by atoms with Crippen LogP contribution in [0.4, 0.5) is 13.2 Å². The molecule has 1 amide bonds. The van der Waals surface area contributed by atoms with Crippen molar-refractivity contribution in [1.29, 1.82) is 0 Å². The first-order valence-electron chi connectivity index (χ1n) is 7.27. The van der Waals surface area contributed by atoms with Gasteiger partial charge in [-0.1, -0.05) is 23.9 Å². The van der Waals surface area contributed by atoms with Gasteiger partial charge in [0.2, 0.25) is 21.1 Å². The fourth-order valence-corrected chi connectivity index (χ4v) is 3.14. The SMILES string of the molecule is Nn1c(SCC(=O)NCCc2ccc(S(N)(=O)=O)cc2)nnc1C(F)(F)F. The molecule has 0 radical (unpaired) electrons.